The molecule has 0 spiro atoms. The van der Waals surface area contributed by atoms with Crippen molar-refractivity contribution in [1.29, 1.82) is 0 Å². The number of morpholine rings is 1. The third-order valence-electron chi connectivity index (χ3n) is 6.11. The molecule has 2 aromatic carbocycles. The molecule has 7 heteroatoms. The summed E-state index contributed by atoms with van der Waals surface area (Å²) in [5, 5.41) is 11.1. The van der Waals surface area contributed by atoms with E-state index in [1.807, 2.05) is 30.3 Å². The highest BCUT2D eigenvalue weighted by Crippen LogP contribution is 2.40. The molecule has 4 rings (SSSR count). The lowest BCUT2D eigenvalue weighted by Gasteiger charge is -2.29. The Labute approximate surface area is 199 Å². The normalized spacial score (nSPS) is 20.5. The van der Waals surface area contributed by atoms with E-state index in [0.29, 0.717) is 49.7 Å². The van der Waals surface area contributed by atoms with Crippen molar-refractivity contribution in [1.82, 2.24) is 9.80 Å². The van der Waals surface area contributed by atoms with Crippen LogP contribution < -0.4 is 4.74 Å². The van der Waals surface area contributed by atoms with Crippen molar-refractivity contribution in [3.05, 3.63) is 84.0 Å². The summed E-state index contributed by atoms with van der Waals surface area (Å²) in [5.74, 6) is -0.829. The first-order valence-electron chi connectivity index (χ1n) is 11.6. The molecule has 178 valence electrons. The van der Waals surface area contributed by atoms with E-state index >= 15 is 0 Å². The predicted molar refractivity (Wildman–Crippen MR) is 129 cm³/mol. The fourth-order valence-electron chi connectivity index (χ4n) is 4.43. The van der Waals surface area contributed by atoms with Crippen molar-refractivity contribution in [3.8, 4) is 5.75 Å². The van der Waals surface area contributed by atoms with E-state index in [1.54, 1.807) is 35.2 Å². The number of hydrogen-bond donors (Lipinski definition) is 1. The summed E-state index contributed by atoms with van der Waals surface area (Å²) in [4.78, 5) is 30.2. The van der Waals surface area contributed by atoms with Crippen LogP contribution in [0, 0.1) is 0 Å². The predicted octanol–water partition coefficient (Wildman–Crippen LogP) is 3.40. The van der Waals surface area contributed by atoms with E-state index in [1.165, 1.54) is 0 Å². The standard InChI is InChI=1S/C27H30N2O5/c1-2-16-34-22-11-6-10-21(19-22)24-23(25(30)20-8-4-3-5-9-20)26(31)27(32)29(24)13-7-12-28-14-17-33-18-15-28/h2-6,8-11,19,24,30H,1,7,12-18H2/b25-23+/t24-/m1/s1. The molecule has 2 aliphatic rings. The van der Waals surface area contributed by atoms with Crippen molar-refractivity contribution in [2.75, 3.05) is 46.0 Å². The molecule has 1 N–H and O–H groups in total. The van der Waals surface area contributed by atoms with Crippen LogP contribution in [-0.2, 0) is 14.3 Å². The second-order valence-electron chi connectivity index (χ2n) is 8.34. The minimum Gasteiger partial charge on any atom is -0.507 e. The Morgan fingerprint density at radius 2 is 1.85 bits per heavy atom. The highest BCUT2D eigenvalue weighted by Gasteiger charge is 2.45. The number of ether oxygens (including phenoxy) is 2. The van der Waals surface area contributed by atoms with Crippen molar-refractivity contribution < 1.29 is 24.2 Å². The van der Waals surface area contributed by atoms with Crippen LogP contribution in [0.15, 0.2) is 72.8 Å². The largest absolute Gasteiger partial charge is 0.507 e. The molecule has 0 aromatic heterocycles. The van der Waals surface area contributed by atoms with E-state index in [0.717, 1.165) is 19.6 Å². The summed E-state index contributed by atoms with van der Waals surface area (Å²) in [6.07, 6.45) is 2.36. The van der Waals surface area contributed by atoms with Crippen LogP contribution in [0.1, 0.15) is 23.6 Å². The van der Waals surface area contributed by atoms with Gasteiger partial charge in [0.15, 0.2) is 0 Å². The van der Waals surface area contributed by atoms with E-state index in [4.69, 9.17) is 9.47 Å². The number of carbonyl (C=O) groups excluding carboxylic acids is 2. The Bertz CT molecular complexity index is 1060. The third-order valence-corrected chi connectivity index (χ3v) is 6.11. The zero-order valence-electron chi connectivity index (χ0n) is 19.2. The first-order valence-corrected chi connectivity index (χ1v) is 11.6. The van der Waals surface area contributed by atoms with Crippen LogP contribution >= 0.6 is 0 Å². The maximum Gasteiger partial charge on any atom is 0.295 e. The number of hydrogen-bond acceptors (Lipinski definition) is 6. The summed E-state index contributed by atoms with van der Waals surface area (Å²) < 4.78 is 11.1. The molecule has 2 saturated heterocycles. The maximum absolute atomic E-state index is 13.2. The second-order valence-corrected chi connectivity index (χ2v) is 8.34. The summed E-state index contributed by atoms with van der Waals surface area (Å²) >= 11 is 0. The number of aliphatic hydroxyl groups excluding tert-OH is 1. The van der Waals surface area contributed by atoms with Crippen LogP contribution in [-0.4, -0.2) is 72.6 Å². The topological polar surface area (TPSA) is 79.3 Å². The second kappa shape index (κ2) is 11.1. The van der Waals surface area contributed by atoms with Crippen LogP contribution in [0.5, 0.6) is 5.75 Å². The van der Waals surface area contributed by atoms with Crippen molar-refractivity contribution in [2.24, 2.45) is 0 Å². The van der Waals surface area contributed by atoms with Gasteiger partial charge in [0, 0.05) is 31.7 Å². The molecular weight excluding hydrogens is 432 g/mol. The lowest BCUT2D eigenvalue weighted by Crippen LogP contribution is -2.38. The summed E-state index contributed by atoms with van der Waals surface area (Å²) in [5.41, 5.74) is 1.31. The van der Waals surface area contributed by atoms with E-state index in [2.05, 4.69) is 11.5 Å². The van der Waals surface area contributed by atoms with Gasteiger partial charge in [0.25, 0.3) is 11.7 Å². The average Bonchev–Trinajstić information content (AvgIpc) is 3.13. The van der Waals surface area contributed by atoms with Gasteiger partial charge in [0.2, 0.25) is 0 Å². The Morgan fingerprint density at radius 3 is 2.59 bits per heavy atom. The molecule has 0 saturated carbocycles. The molecule has 1 atom stereocenters. The van der Waals surface area contributed by atoms with Gasteiger partial charge in [-0.1, -0.05) is 55.1 Å². The van der Waals surface area contributed by atoms with Gasteiger partial charge in [-0.05, 0) is 24.1 Å². The number of aliphatic hydroxyl groups is 1. The smallest absolute Gasteiger partial charge is 0.295 e. The quantitative estimate of drug-likeness (QED) is 0.266. The fourth-order valence-corrected chi connectivity index (χ4v) is 4.43. The Kier molecular flexibility index (Phi) is 7.77. The van der Waals surface area contributed by atoms with Crippen LogP contribution in [0.3, 0.4) is 0 Å². The zero-order chi connectivity index (χ0) is 23.9. The summed E-state index contributed by atoms with van der Waals surface area (Å²) in [6, 6.07) is 15.5. The molecule has 2 aliphatic heterocycles. The molecule has 2 heterocycles. The van der Waals surface area contributed by atoms with Crippen LogP contribution in [0.25, 0.3) is 5.76 Å². The van der Waals surface area contributed by atoms with Crippen molar-refractivity contribution in [2.45, 2.75) is 12.5 Å². The van der Waals surface area contributed by atoms with Crippen molar-refractivity contribution in [3.63, 3.8) is 0 Å². The lowest BCUT2D eigenvalue weighted by molar-refractivity contribution is -0.140. The molecule has 0 aliphatic carbocycles. The van der Waals surface area contributed by atoms with Gasteiger partial charge in [-0.25, -0.2) is 0 Å². The summed E-state index contributed by atoms with van der Waals surface area (Å²) in [7, 11) is 0. The number of rotatable bonds is 9. The van der Waals surface area contributed by atoms with E-state index < -0.39 is 17.7 Å². The fraction of sp³-hybridized carbons (Fsp3) is 0.333. The first kappa shape index (κ1) is 23.7. The zero-order valence-corrected chi connectivity index (χ0v) is 19.2. The number of likely N-dealkylation sites (tertiary alicyclic amines) is 1. The number of benzene rings is 2. The van der Waals surface area contributed by atoms with Gasteiger partial charge < -0.3 is 19.5 Å². The minimum absolute atomic E-state index is 0.100. The third kappa shape index (κ3) is 5.21. The Hall–Kier alpha value is -3.42. The summed E-state index contributed by atoms with van der Waals surface area (Å²) in [6.45, 7) is 8.35. The SMILES string of the molecule is C=CCOc1cccc([C@@H]2/C(=C(\O)c3ccccc3)C(=O)C(=O)N2CCCN2CCOCC2)c1. The van der Waals surface area contributed by atoms with Gasteiger partial charge in [0.1, 0.15) is 18.1 Å². The molecular formula is C27H30N2O5. The molecule has 2 aromatic rings. The van der Waals surface area contributed by atoms with Gasteiger partial charge in [-0.2, -0.15) is 0 Å². The molecule has 2 fully saturated rings. The van der Waals surface area contributed by atoms with Gasteiger partial charge >= 0.3 is 0 Å². The Balaban J connectivity index is 1.67. The lowest BCUT2D eigenvalue weighted by atomic mass is 9.95. The number of Topliss-reactive ketones (excluding diaryl/α,β-unsaturated/α-hetero) is 1. The first-order chi connectivity index (χ1) is 16.6. The van der Waals surface area contributed by atoms with Crippen LogP contribution in [0.4, 0.5) is 0 Å². The van der Waals surface area contributed by atoms with Gasteiger partial charge in [0.05, 0.1) is 24.8 Å². The van der Waals surface area contributed by atoms with Gasteiger partial charge in [-0.15, -0.1) is 0 Å². The molecule has 0 bridgehead atoms. The molecule has 1 amide bonds. The number of carbonyl (C=O) groups is 2. The highest BCUT2D eigenvalue weighted by atomic mass is 16.5. The van der Waals surface area contributed by atoms with Gasteiger partial charge in [-0.3, -0.25) is 14.5 Å². The van der Waals surface area contributed by atoms with E-state index in [-0.39, 0.29) is 11.3 Å². The highest BCUT2D eigenvalue weighted by molar-refractivity contribution is 6.46. The average molecular weight is 463 g/mol. The minimum atomic E-state index is -0.697. The Morgan fingerprint density at radius 1 is 1.09 bits per heavy atom. The number of amides is 1. The monoisotopic (exact) mass is 462 g/mol. The maximum atomic E-state index is 13.2. The van der Waals surface area contributed by atoms with Crippen LogP contribution in [0.2, 0.25) is 0 Å². The molecule has 7 nitrogen and oxygen atoms in total. The molecule has 0 unspecified atom stereocenters. The molecule has 34 heavy (non-hydrogen) atoms. The number of ketones is 1. The van der Waals surface area contributed by atoms with Crippen molar-refractivity contribution >= 4 is 17.4 Å². The van der Waals surface area contributed by atoms with E-state index in [9.17, 15) is 14.7 Å². The molecule has 0 radical (unpaired) electrons. The number of nitrogens with zero attached hydrogens (tertiary/aromatic N) is 2.